The van der Waals surface area contributed by atoms with E-state index in [1.54, 1.807) is 7.11 Å². The summed E-state index contributed by atoms with van der Waals surface area (Å²) in [4.78, 5) is 0. The zero-order valence-electron chi connectivity index (χ0n) is 9.05. The van der Waals surface area contributed by atoms with Gasteiger partial charge >= 0.3 is 0 Å². The van der Waals surface area contributed by atoms with Crippen molar-refractivity contribution in [3.63, 3.8) is 0 Å². The Hall–Kier alpha value is -0.120. The molecule has 0 aromatic carbocycles. The van der Waals surface area contributed by atoms with Crippen LogP contribution in [-0.2, 0) is 9.47 Å². The van der Waals surface area contributed by atoms with E-state index in [9.17, 15) is 0 Å². The number of ether oxygens (including phenoxy) is 2. The van der Waals surface area contributed by atoms with Crippen LogP contribution in [0.25, 0.3) is 0 Å². The minimum absolute atomic E-state index is 0.513. The molecule has 3 heteroatoms. The van der Waals surface area contributed by atoms with Gasteiger partial charge in [-0.2, -0.15) is 0 Å². The molecule has 1 spiro atoms. The summed E-state index contributed by atoms with van der Waals surface area (Å²) in [7, 11) is 1.80. The molecule has 1 atom stereocenters. The van der Waals surface area contributed by atoms with Crippen LogP contribution in [0.15, 0.2) is 0 Å². The van der Waals surface area contributed by atoms with Crippen molar-refractivity contribution < 1.29 is 9.47 Å². The Bertz CT molecular complexity index is 168. The summed E-state index contributed by atoms with van der Waals surface area (Å²) in [5.74, 6) is 0.614. The summed E-state index contributed by atoms with van der Waals surface area (Å²) in [6, 6.07) is 0. The minimum Gasteiger partial charge on any atom is -0.384 e. The lowest BCUT2D eigenvalue weighted by Gasteiger charge is -2.46. The summed E-state index contributed by atoms with van der Waals surface area (Å²) >= 11 is 0. The van der Waals surface area contributed by atoms with Gasteiger partial charge in [-0.3, -0.25) is 0 Å². The van der Waals surface area contributed by atoms with Crippen molar-refractivity contribution >= 4 is 0 Å². The highest BCUT2D eigenvalue weighted by Gasteiger charge is 2.41. The largest absolute Gasteiger partial charge is 0.384 e. The van der Waals surface area contributed by atoms with Crippen LogP contribution in [0, 0.1) is 11.3 Å². The predicted octanol–water partition coefficient (Wildman–Crippen LogP) is 1.04. The van der Waals surface area contributed by atoms with E-state index in [4.69, 9.17) is 9.47 Å². The van der Waals surface area contributed by atoms with Crippen LogP contribution >= 0.6 is 0 Å². The maximum Gasteiger partial charge on any atom is 0.0521 e. The third kappa shape index (κ3) is 1.95. The SMILES string of the molecule is COCC1COCCC12CCNCC2. The monoisotopic (exact) mass is 199 g/mol. The smallest absolute Gasteiger partial charge is 0.0521 e. The zero-order chi connectivity index (χ0) is 9.86. The number of nitrogens with one attached hydrogen (secondary N) is 1. The van der Waals surface area contributed by atoms with E-state index < -0.39 is 0 Å². The van der Waals surface area contributed by atoms with Crippen LogP contribution < -0.4 is 5.32 Å². The van der Waals surface area contributed by atoms with Gasteiger partial charge in [0.1, 0.15) is 0 Å². The maximum absolute atomic E-state index is 5.56. The molecule has 1 unspecified atom stereocenters. The van der Waals surface area contributed by atoms with Crippen LogP contribution in [0.2, 0.25) is 0 Å². The van der Waals surface area contributed by atoms with Crippen molar-refractivity contribution in [1.82, 2.24) is 5.32 Å². The molecule has 1 N–H and O–H groups in total. The molecular weight excluding hydrogens is 178 g/mol. The fourth-order valence-corrected chi connectivity index (χ4v) is 2.89. The fourth-order valence-electron chi connectivity index (χ4n) is 2.89. The molecule has 2 heterocycles. The summed E-state index contributed by atoms with van der Waals surface area (Å²) in [6.45, 7) is 5.04. The molecule has 2 saturated heterocycles. The quantitative estimate of drug-likeness (QED) is 0.721. The minimum atomic E-state index is 0.513. The van der Waals surface area contributed by atoms with Gasteiger partial charge in [-0.1, -0.05) is 0 Å². The lowest BCUT2D eigenvalue weighted by Crippen LogP contribution is -2.48. The summed E-state index contributed by atoms with van der Waals surface area (Å²) in [5, 5.41) is 3.44. The van der Waals surface area contributed by atoms with Crippen LogP contribution in [-0.4, -0.2) is 40.0 Å². The molecule has 0 aliphatic carbocycles. The molecule has 14 heavy (non-hydrogen) atoms. The fraction of sp³-hybridized carbons (Fsp3) is 1.00. The van der Waals surface area contributed by atoms with E-state index in [1.165, 1.54) is 32.4 Å². The Balaban J connectivity index is 2.02. The molecule has 0 bridgehead atoms. The molecule has 0 saturated carbocycles. The van der Waals surface area contributed by atoms with Crippen molar-refractivity contribution in [2.45, 2.75) is 19.3 Å². The van der Waals surface area contributed by atoms with Crippen LogP contribution in [0.5, 0.6) is 0 Å². The van der Waals surface area contributed by atoms with Crippen molar-refractivity contribution in [1.29, 1.82) is 0 Å². The number of piperidine rings is 1. The van der Waals surface area contributed by atoms with Gasteiger partial charge in [-0.05, 0) is 37.8 Å². The first kappa shape index (κ1) is 10.4. The molecule has 2 aliphatic heterocycles. The summed E-state index contributed by atoms with van der Waals surface area (Å²) in [6.07, 6.45) is 3.82. The Labute approximate surface area is 86.2 Å². The van der Waals surface area contributed by atoms with Gasteiger partial charge in [0.15, 0.2) is 0 Å². The normalized spacial score (nSPS) is 31.9. The second kappa shape index (κ2) is 4.60. The lowest BCUT2D eigenvalue weighted by atomic mass is 9.66. The standard InChI is InChI=1S/C11H21NO2/c1-13-8-10-9-14-7-4-11(10)2-5-12-6-3-11/h10,12H,2-9H2,1H3. The van der Waals surface area contributed by atoms with E-state index in [0.717, 1.165) is 19.8 Å². The molecule has 0 aromatic rings. The van der Waals surface area contributed by atoms with Crippen molar-refractivity contribution in [2.75, 3.05) is 40.0 Å². The number of hydrogen-bond acceptors (Lipinski definition) is 3. The second-order valence-electron chi connectivity index (χ2n) is 4.59. The molecule has 2 fully saturated rings. The van der Waals surface area contributed by atoms with E-state index >= 15 is 0 Å². The van der Waals surface area contributed by atoms with Gasteiger partial charge in [0, 0.05) is 19.6 Å². The Kier molecular flexibility index (Phi) is 3.42. The van der Waals surface area contributed by atoms with Crippen molar-refractivity contribution in [3.05, 3.63) is 0 Å². The molecule has 2 rings (SSSR count). The molecule has 3 nitrogen and oxygen atoms in total. The van der Waals surface area contributed by atoms with Gasteiger partial charge in [-0.25, -0.2) is 0 Å². The van der Waals surface area contributed by atoms with E-state index in [-0.39, 0.29) is 0 Å². The first-order valence-corrected chi connectivity index (χ1v) is 5.65. The summed E-state index contributed by atoms with van der Waals surface area (Å²) < 4.78 is 10.9. The number of rotatable bonds is 2. The Morgan fingerprint density at radius 3 is 2.86 bits per heavy atom. The van der Waals surface area contributed by atoms with Crippen LogP contribution in [0.1, 0.15) is 19.3 Å². The molecule has 2 aliphatic rings. The van der Waals surface area contributed by atoms with Crippen molar-refractivity contribution in [2.24, 2.45) is 11.3 Å². The molecule has 82 valence electrons. The molecular formula is C11H21NO2. The van der Waals surface area contributed by atoms with Gasteiger partial charge < -0.3 is 14.8 Å². The van der Waals surface area contributed by atoms with Crippen LogP contribution in [0.3, 0.4) is 0 Å². The molecule has 0 amide bonds. The highest BCUT2D eigenvalue weighted by atomic mass is 16.5. The average molecular weight is 199 g/mol. The Morgan fingerprint density at radius 1 is 1.36 bits per heavy atom. The first-order chi connectivity index (χ1) is 6.87. The number of methoxy groups -OCH3 is 1. The van der Waals surface area contributed by atoms with Crippen LogP contribution in [0.4, 0.5) is 0 Å². The summed E-state index contributed by atoms with van der Waals surface area (Å²) in [5.41, 5.74) is 0.513. The number of hydrogen-bond donors (Lipinski definition) is 1. The van der Waals surface area contributed by atoms with E-state index in [0.29, 0.717) is 11.3 Å². The first-order valence-electron chi connectivity index (χ1n) is 5.65. The highest BCUT2D eigenvalue weighted by Crippen LogP contribution is 2.43. The second-order valence-corrected chi connectivity index (χ2v) is 4.59. The third-order valence-corrected chi connectivity index (χ3v) is 3.90. The third-order valence-electron chi connectivity index (χ3n) is 3.90. The van der Waals surface area contributed by atoms with Gasteiger partial charge in [0.05, 0.1) is 13.2 Å². The van der Waals surface area contributed by atoms with E-state index in [2.05, 4.69) is 5.32 Å². The van der Waals surface area contributed by atoms with E-state index in [1.807, 2.05) is 0 Å². The average Bonchev–Trinajstić information content (AvgIpc) is 2.23. The zero-order valence-corrected chi connectivity index (χ0v) is 9.05. The van der Waals surface area contributed by atoms with Gasteiger partial charge in [0.25, 0.3) is 0 Å². The topological polar surface area (TPSA) is 30.5 Å². The Morgan fingerprint density at radius 2 is 2.14 bits per heavy atom. The molecule has 0 radical (unpaired) electrons. The maximum atomic E-state index is 5.56. The lowest BCUT2D eigenvalue weighted by molar-refractivity contribution is -0.0821. The van der Waals surface area contributed by atoms with Gasteiger partial charge in [-0.15, -0.1) is 0 Å². The highest BCUT2D eigenvalue weighted by molar-refractivity contribution is 4.92. The molecule has 0 aromatic heterocycles. The predicted molar refractivity (Wildman–Crippen MR) is 55.3 cm³/mol. The van der Waals surface area contributed by atoms with Gasteiger partial charge in [0.2, 0.25) is 0 Å². The van der Waals surface area contributed by atoms with Crippen molar-refractivity contribution in [3.8, 4) is 0 Å².